The summed E-state index contributed by atoms with van der Waals surface area (Å²) < 4.78 is 12.5. The summed E-state index contributed by atoms with van der Waals surface area (Å²) in [7, 11) is 0. The largest absolute Gasteiger partial charge is 0.456 e. The Labute approximate surface area is 304 Å². The van der Waals surface area contributed by atoms with E-state index in [9.17, 15) is 0 Å². The third kappa shape index (κ3) is 4.82. The highest BCUT2D eigenvalue weighted by atomic mass is 16.3. The van der Waals surface area contributed by atoms with E-state index in [-0.39, 0.29) is 6.04 Å². The van der Waals surface area contributed by atoms with Crippen LogP contribution in [0, 0.1) is 0 Å². The van der Waals surface area contributed by atoms with E-state index in [0.717, 1.165) is 61.0 Å². The summed E-state index contributed by atoms with van der Waals surface area (Å²) in [6.07, 6.45) is 8.89. The number of para-hydroxylation sites is 3. The monoisotopic (exact) mass is 683 g/mol. The first-order valence-corrected chi connectivity index (χ1v) is 17.7. The molecule has 53 heavy (non-hydrogen) atoms. The van der Waals surface area contributed by atoms with E-state index in [1.54, 1.807) is 0 Å². The molecule has 1 aliphatic carbocycles. The van der Waals surface area contributed by atoms with Gasteiger partial charge in [0.25, 0.3) is 0 Å². The van der Waals surface area contributed by atoms with Crippen LogP contribution in [0.3, 0.4) is 0 Å². The molecule has 7 heteroatoms. The minimum absolute atomic E-state index is 0.227. The molecule has 2 atom stereocenters. The van der Waals surface area contributed by atoms with Crippen LogP contribution in [-0.4, -0.2) is 26.0 Å². The second kappa shape index (κ2) is 11.7. The van der Waals surface area contributed by atoms with Gasteiger partial charge in [0.05, 0.1) is 6.04 Å². The molecular formula is C46H29N5O2. The first-order valence-electron chi connectivity index (χ1n) is 17.7. The standard InChI is InChI=1S/C46H29N5O2/c1-2-11-28(12-3-1)43-48-44(29-21-24-31(25-22-29)51-37-17-7-4-13-32(37)33-14-5-8-18-38(33)51)50-45(49-43)34-15-10-20-41-42(34)35-27-30(23-26-39(35)52-41)46-47-36-16-6-9-19-40(36)53-46/h1-27,32,37H. The number of furan rings is 1. The maximum Gasteiger partial charge on any atom is 0.227 e. The van der Waals surface area contributed by atoms with Crippen molar-refractivity contribution in [3.63, 3.8) is 0 Å². The molecule has 7 nitrogen and oxygen atoms in total. The van der Waals surface area contributed by atoms with Gasteiger partial charge in [-0.25, -0.2) is 19.9 Å². The lowest BCUT2D eigenvalue weighted by Gasteiger charge is -2.28. The molecule has 0 fully saturated rings. The Morgan fingerprint density at radius 1 is 0.509 bits per heavy atom. The summed E-state index contributed by atoms with van der Waals surface area (Å²) in [6, 6.07) is 47.4. The lowest BCUT2D eigenvalue weighted by molar-refractivity contribution is 0.620. The van der Waals surface area contributed by atoms with Gasteiger partial charge in [0, 0.05) is 50.3 Å². The minimum atomic E-state index is 0.227. The average molecular weight is 684 g/mol. The molecule has 0 radical (unpaired) electrons. The number of nitrogens with zero attached hydrogens (tertiary/aromatic N) is 5. The van der Waals surface area contributed by atoms with Gasteiger partial charge < -0.3 is 13.7 Å². The van der Waals surface area contributed by atoms with Gasteiger partial charge in [-0.15, -0.1) is 0 Å². The predicted molar refractivity (Wildman–Crippen MR) is 210 cm³/mol. The van der Waals surface area contributed by atoms with E-state index in [0.29, 0.717) is 29.3 Å². The van der Waals surface area contributed by atoms with Crippen LogP contribution in [0.25, 0.3) is 78.7 Å². The highest BCUT2D eigenvalue weighted by Crippen LogP contribution is 2.47. The molecule has 0 amide bonds. The van der Waals surface area contributed by atoms with Crippen LogP contribution in [0.15, 0.2) is 173 Å². The molecule has 0 bridgehead atoms. The van der Waals surface area contributed by atoms with E-state index in [4.69, 9.17) is 28.8 Å². The number of allylic oxidation sites excluding steroid dienone is 2. The number of aromatic nitrogens is 4. The van der Waals surface area contributed by atoms with Gasteiger partial charge in [0.1, 0.15) is 16.7 Å². The number of hydrogen-bond donors (Lipinski definition) is 0. The van der Waals surface area contributed by atoms with E-state index in [1.165, 1.54) is 11.3 Å². The molecule has 1 aliphatic heterocycles. The van der Waals surface area contributed by atoms with Crippen molar-refractivity contribution < 1.29 is 8.83 Å². The summed E-state index contributed by atoms with van der Waals surface area (Å²) in [6.45, 7) is 0. The van der Waals surface area contributed by atoms with Crippen LogP contribution in [0.4, 0.5) is 11.4 Å². The molecule has 2 unspecified atom stereocenters. The molecular weight excluding hydrogens is 655 g/mol. The molecule has 4 heterocycles. The van der Waals surface area contributed by atoms with Gasteiger partial charge in [-0.2, -0.15) is 0 Å². The summed E-state index contributed by atoms with van der Waals surface area (Å²) in [5.41, 5.74) is 10.3. The van der Waals surface area contributed by atoms with E-state index in [1.807, 2.05) is 84.9 Å². The molecule has 0 saturated carbocycles. The van der Waals surface area contributed by atoms with E-state index in [2.05, 4.69) is 83.8 Å². The summed E-state index contributed by atoms with van der Waals surface area (Å²) >= 11 is 0. The molecule has 3 aromatic heterocycles. The lowest BCUT2D eigenvalue weighted by atomic mass is 9.91. The zero-order chi connectivity index (χ0) is 34.9. The van der Waals surface area contributed by atoms with Crippen molar-refractivity contribution in [1.29, 1.82) is 0 Å². The van der Waals surface area contributed by atoms with Crippen LogP contribution < -0.4 is 4.90 Å². The molecule has 11 rings (SSSR count). The maximum absolute atomic E-state index is 6.38. The predicted octanol–water partition coefficient (Wildman–Crippen LogP) is 11.3. The Bertz CT molecular complexity index is 2890. The first kappa shape index (κ1) is 29.6. The van der Waals surface area contributed by atoms with Gasteiger partial charge in [0.2, 0.25) is 5.89 Å². The zero-order valence-electron chi connectivity index (χ0n) is 28.3. The van der Waals surface area contributed by atoms with Crippen molar-refractivity contribution in [2.45, 2.75) is 12.0 Å². The molecule has 250 valence electrons. The SMILES string of the molecule is C1=CC2c3ccccc3N(c3ccc(-c4nc(-c5ccccc5)nc(-c5cccc6oc7ccc(-c8nc9ccccc9o8)cc7c56)n4)cc3)C2C=C1. The van der Waals surface area contributed by atoms with Crippen LogP contribution in [0.2, 0.25) is 0 Å². The molecule has 6 aromatic carbocycles. The van der Waals surface area contributed by atoms with Gasteiger partial charge in [0.15, 0.2) is 23.1 Å². The van der Waals surface area contributed by atoms with Crippen LogP contribution in [-0.2, 0) is 0 Å². The van der Waals surface area contributed by atoms with Crippen molar-refractivity contribution in [3.8, 4) is 45.6 Å². The van der Waals surface area contributed by atoms with Crippen molar-refractivity contribution in [3.05, 3.63) is 169 Å². The Morgan fingerprint density at radius 2 is 1.23 bits per heavy atom. The fourth-order valence-corrected chi connectivity index (χ4v) is 7.85. The number of rotatable bonds is 5. The first-order chi connectivity index (χ1) is 26.2. The number of benzene rings is 6. The minimum Gasteiger partial charge on any atom is -0.456 e. The van der Waals surface area contributed by atoms with Crippen molar-refractivity contribution in [2.75, 3.05) is 4.90 Å². The van der Waals surface area contributed by atoms with Gasteiger partial charge in [-0.05, 0) is 72.3 Å². The summed E-state index contributed by atoms with van der Waals surface area (Å²) in [4.78, 5) is 22.4. The fraction of sp³-hybridized carbons (Fsp3) is 0.0435. The van der Waals surface area contributed by atoms with Crippen LogP contribution >= 0.6 is 0 Å². The smallest absolute Gasteiger partial charge is 0.227 e. The fourth-order valence-electron chi connectivity index (χ4n) is 7.85. The van der Waals surface area contributed by atoms with Crippen LogP contribution in [0.1, 0.15) is 11.5 Å². The van der Waals surface area contributed by atoms with Gasteiger partial charge >= 0.3 is 0 Å². The topological polar surface area (TPSA) is 81.1 Å². The normalized spacial score (nSPS) is 16.1. The third-order valence-corrected chi connectivity index (χ3v) is 10.3. The second-order valence-corrected chi connectivity index (χ2v) is 13.4. The maximum atomic E-state index is 6.38. The molecule has 0 N–H and O–H groups in total. The summed E-state index contributed by atoms with van der Waals surface area (Å²) in [5, 5.41) is 1.85. The quantitative estimate of drug-likeness (QED) is 0.179. The molecule has 9 aromatic rings. The van der Waals surface area contributed by atoms with Crippen molar-refractivity contribution >= 4 is 44.4 Å². The van der Waals surface area contributed by atoms with Gasteiger partial charge in [-0.3, -0.25) is 0 Å². The number of oxazole rings is 1. The van der Waals surface area contributed by atoms with Gasteiger partial charge in [-0.1, -0.05) is 97.1 Å². The zero-order valence-corrected chi connectivity index (χ0v) is 28.3. The second-order valence-electron chi connectivity index (χ2n) is 13.4. The van der Waals surface area contributed by atoms with E-state index >= 15 is 0 Å². The number of hydrogen-bond acceptors (Lipinski definition) is 7. The molecule has 0 spiro atoms. The Hall–Kier alpha value is -7.12. The Balaban J connectivity index is 1.04. The van der Waals surface area contributed by atoms with E-state index < -0.39 is 0 Å². The van der Waals surface area contributed by atoms with Crippen molar-refractivity contribution in [1.82, 2.24) is 19.9 Å². The Kier molecular flexibility index (Phi) is 6.54. The average Bonchev–Trinajstić information content (AvgIpc) is 3.93. The molecule has 0 saturated heterocycles. The highest BCUT2D eigenvalue weighted by Gasteiger charge is 2.37. The highest BCUT2D eigenvalue weighted by molar-refractivity contribution is 6.12. The molecule has 2 aliphatic rings. The van der Waals surface area contributed by atoms with Crippen LogP contribution in [0.5, 0.6) is 0 Å². The third-order valence-electron chi connectivity index (χ3n) is 10.3. The Morgan fingerprint density at radius 3 is 2.09 bits per heavy atom. The van der Waals surface area contributed by atoms with Crippen molar-refractivity contribution in [2.24, 2.45) is 0 Å². The number of anilines is 2. The number of fused-ring (bicyclic) bond motifs is 7. The lowest BCUT2D eigenvalue weighted by Crippen LogP contribution is -2.28. The summed E-state index contributed by atoms with van der Waals surface area (Å²) in [5.74, 6) is 2.64.